The highest BCUT2D eigenvalue weighted by molar-refractivity contribution is 5.95. The molecule has 3 unspecified atom stereocenters. The van der Waals surface area contributed by atoms with E-state index in [1.807, 2.05) is 0 Å². The van der Waals surface area contributed by atoms with E-state index < -0.39 is 28.5 Å². The minimum atomic E-state index is -1.59. The van der Waals surface area contributed by atoms with Crippen LogP contribution in [0.3, 0.4) is 0 Å². The van der Waals surface area contributed by atoms with Gasteiger partial charge >= 0.3 is 5.91 Å². The van der Waals surface area contributed by atoms with Crippen LogP contribution >= 0.6 is 0 Å². The highest BCUT2D eigenvalue weighted by Gasteiger charge is 2.97. The number of nitriles is 2. The summed E-state index contributed by atoms with van der Waals surface area (Å²) in [6.07, 6.45) is 0. The monoisotopic (exact) mass is 329 g/mol. The maximum absolute atomic E-state index is 14.4. The van der Waals surface area contributed by atoms with E-state index in [0.717, 1.165) is 0 Å². The van der Waals surface area contributed by atoms with E-state index in [1.165, 1.54) is 6.07 Å². The van der Waals surface area contributed by atoms with Crippen LogP contribution in [0.5, 0.6) is 0 Å². The number of nitrogens with one attached hydrogen (secondary N) is 1. The third-order valence-electron chi connectivity index (χ3n) is 4.91. The molecule has 1 aliphatic carbocycles. The number of nitrogens with two attached hydrogens (primary N) is 1. The number of hydrogen-bond donors (Lipinski definition) is 2. The van der Waals surface area contributed by atoms with Gasteiger partial charge in [-0.25, -0.2) is 9.38 Å². The van der Waals surface area contributed by atoms with Crippen molar-refractivity contribution in [2.24, 2.45) is 16.6 Å². The first-order chi connectivity index (χ1) is 11.5. The maximum atomic E-state index is 14.4. The van der Waals surface area contributed by atoms with Gasteiger partial charge in [0, 0.05) is 5.92 Å². The molecule has 124 valence electrons. The van der Waals surface area contributed by atoms with Crippen LogP contribution in [0.2, 0.25) is 0 Å². The van der Waals surface area contributed by atoms with Gasteiger partial charge in [-0.15, -0.1) is 0 Å². The molecule has 1 aromatic rings. The summed E-state index contributed by atoms with van der Waals surface area (Å²) in [7, 11) is 0. The predicted molar refractivity (Wildman–Crippen MR) is 81.4 cm³/mol. The Morgan fingerprint density at radius 2 is 1.83 bits per heavy atom. The number of hydrogen-bond acceptors (Lipinski definition) is 5. The molecule has 0 amide bonds. The molecular formula is C17H18FN4O2+. The van der Waals surface area contributed by atoms with Crippen molar-refractivity contribution < 1.29 is 18.9 Å². The van der Waals surface area contributed by atoms with Crippen LogP contribution < -0.4 is 10.7 Å². The lowest BCUT2D eigenvalue weighted by molar-refractivity contribution is -0.693. The fraction of sp³-hybridized carbons (Fsp3) is 0.471. The molecular weight excluding hydrogens is 311 g/mol. The summed E-state index contributed by atoms with van der Waals surface area (Å²) in [4.78, 5) is 2.85. The largest absolute Gasteiger partial charge is 0.343 e. The SMILES string of the molecule is CCOC1(OCC)[NH+]=C(N)C2(C#N)C(c3ccccc3F)C12C#N. The summed E-state index contributed by atoms with van der Waals surface area (Å²) in [5.74, 6) is -2.78. The van der Waals surface area contributed by atoms with Crippen molar-refractivity contribution in [2.45, 2.75) is 25.7 Å². The second kappa shape index (κ2) is 5.27. The van der Waals surface area contributed by atoms with Gasteiger partial charge in [0.25, 0.3) is 5.84 Å². The third kappa shape index (κ3) is 1.56. The molecule has 0 saturated heterocycles. The molecule has 0 spiro atoms. The van der Waals surface area contributed by atoms with Crippen molar-refractivity contribution >= 4 is 5.84 Å². The minimum absolute atomic E-state index is 0.0710. The van der Waals surface area contributed by atoms with Crippen molar-refractivity contribution in [3.63, 3.8) is 0 Å². The van der Waals surface area contributed by atoms with Crippen molar-refractivity contribution in [1.82, 2.24) is 0 Å². The van der Waals surface area contributed by atoms with Crippen molar-refractivity contribution in [1.29, 1.82) is 10.5 Å². The molecule has 3 N–H and O–H groups in total. The topological polar surface area (TPSA) is 106 Å². The predicted octanol–water partition coefficient (Wildman–Crippen LogP) is 0.121. The molecule has 0 bridgehead atoms. The number of halogens is 1. The Kier molecular flexibility index (Phi) is 3.60. The lowest BCUT2D eigenvalue weighted by atomic mass is 9.93. The summed E-state index contributed by atoms with van der Waals surface area (Å²) < 4.78 is 25.9. The Bertz CT molecular complexity index is 791. The van der Waals surface area contributed by atoms with Crippen LogP contribution in [-0.2, 0) is 9.47 Å². The number of rotatable bonds is 5. The van der Waals surface area contributed by atoms with E-state index in [9.17, 15) is 14.9 Å². The molecule has 6 nitrogen and oxygen atoms in total. The van der Waals surface area contributed by atoms with E-state index in [0.29, 0.717) is 0 Å². The molecule has 24 heavy (non-hydrogen) atoms. The average molecular weight is 329 g/mol. The standard InChI is InChI=1S/C17H17FN4O2/c1-3-23-17(24-4-2)16(10-20)13(11-7-5-6-8-12(11)18)15(16,9-19)14(21)22-17/h5-8,13H,3-4H2,1-2H3,(H2,21,22)/p+1. The first kappa shape index (κ1) is 16.4. The van der Waals surface area contributed by atoms with Gasteiger partial charge in [0.15, 0.2) is 10.8 Å². The van der Waals surface area contributed by atoms with E-state index in [2.05, 4.69) is 17.1 Å². The zero-order chi connectivity index (χ0) is 17.6. The van der Waals surface area contributed by atoms with Crippen molar-refractivity contribution in [3.05, 3.63) is 35.6 Å². The Morgan fingerprint density at radius 3 is 2.33 bits per heavy atom. The molecule has 7 heteroatoms. The molecule has 3 atom stereocenters. The molecule has 2 aliphatic rings. The summed E-state index contributed by atoms with van der Waals surface area (Å²) in [6.45, 7) is 3.96. The van der Waals surface area contributed by atoms with Gasteiger partial charge in [0.05, 0.1) is 25.4 Å². The Labute approximate surface area is 139 Å². The average Bonchev–Trinajstić information content (AvgIpc) is 3.14. The number of nitrogens with zero attached hydrogens (tertiary/aromatic N) is 2. The third-order valence-corrected chi connectivity index (χ3v) is 4.91. The number of fused-ring (bicyclic) bond motifs is 1. The highest BCUT2D eigenvalue weighted by Crippen LogP contribution is 2.78. The van der Waals surface area contributed by atoms with Crippen LogP contribution in [0.25, 0.3) is 0 Å². The fourth-order valence-electron chi connectivity index (χ4n) is 4.03. The van der Waals surface area contributed by atoms with Gasteiger partial charge < -0.3 is 9.47 Å². The van der Waals surface area contributed by atoms with Crippen LogP contribution in [0, 0.1) is 39.3 Å². The Balaban J connectivity index is 2.25. The summed E-state index contributed by atoms with van der Waals surface area (Å²) in [5, 5.41) is 19.8. The first-order valence-corrected chi connectivity index (χ1v) is 7.77. The number of ether oxygens (including phenoxy) is 2. The Hall–Kier alpha value is -2.48. The van der Waals surface area contributed by atoms with Gasteiger partial charge in [0.2, 0.25) is 0 Å². The van der Waals surface area contributed by atoms with Gasteiger partial charge in [-0.3, -0.25) is 5.73 Å². The molecule has 1 aliphatic heterocycles. The zero-order valence-corrected chi connectivity index (χ0v) is 13.5. The van der Waals surface area contributed by atoms with Crippen LogP contribution in [0.1, 0.15) is 25.3 Å². The van der Waals surface area contributed by atoms with E-state index in [4.69, 9.17) is 15.2 Å². The molecule has 1 heterocycles. The van der Waals surface area contributed by atoms with Crippen molar-refractivity contribution in [3.8, 4) is 12.1 Å². The second-order valence-electron chi connectivity index (χ2n) is 5.82. The highest BCUT2D eigenvalue weighted by atomic mass is 19.1. The lowest BCUT2D eigenvalue weighted by Crippen LogP contribution is -2.91. The van der Waals surface area contributed by atoms with Crippen LogP contribution in [-0.4, -0.2) is 25.0 Å². The smallest absolute Gasteiger partial charge is 0.314 e. The van der Waals surface area contributed by atoms with E-state index in [-0.39, 0.29) is 24.6 Å². The molecule has 1 aromatic carbocycles. The number of amidine groups is 1. The molecule has 0 aromatic heterocycles. The zero-order valence-electron chi connectivity index (χ0n) is 13.5. The van der Waals surface area contributed by atoms with Crippen molar-refractivity contribution in [2.75, 3.05) is 13.2 Å². The first-order valence-electron chi connectivity index (χ1n) is 7.77. The molecule has 0 radical (unpaired) electrons. The van der Waals surface area contributed by atoms with Gasteiger partial charge in [0.1, 0.15) is 5.82 Å². The summed E-state index contributed by atoms with van der Waals surface area (Å²) >= 11 is 0. The fourth-order valence-corrected chi connectivity index (χ4v) is 4.03. The van der Waals surface area contributed by atoms with Gasteiger partial charge in [-0.05, 0) is 25.5 Å². The second-order valence-corrected chi connectivity index (χ2v) is 5.82. The van der Waals surface area contributed by atoms with Crippen LogP contribution in [0.15, 0.2) is 24.3 Å². The molecule has 1 fully saturated rings. The summed E-state index contributed by atoms with van der Waals surface area (Å²) in [6, 6.07) is 10.4. The van der Waals surface area contributed by atoms with E-state index in [1.54, 1.807) is 32.0 Å². The lowest BCUT2D eigenvalue weighted by Gasteiger charge is -2.29. The minimum Gasteiger partial charge on any atom is -0.314 e. The van der Waals surface area contributed by atoms with E-state index >= 15 is 0 Å². The van der Waals surface area contributed by atoms with Crippen LogP contribution in [0.4, 0.5) is 4.39 Å². The summed E-state index contributed by atoms with van der Waals surface area (Å²) in [5.41, 5.74) is 3.47. The maximum Gasteiger partial charge on any atom is 0.343 e. The molecule has 1 saturated carbocycles. The van der Waals surface area contributed by atoms with Gasteiger partial charge in [-0.1, -0.05) is 18.2 Å². The normalized spacial score (nSPS) is 32.4. The number of benzene rings is 1. The van der Waals surface area contributed by atoms with Gasteiger partial charge in [-0.2, -0.15) is 10.5 Å². The Morgan fingerprint density at radius 1 is 1.21 bits per heavy atom. The molecule has 3 rings (SSSR count). The quantitative estimate of drug-likeness (QED) is 0.747.